The number of rotatable bonds is 4. The zero-order valence-electron chi connectivity index (χ0n) is 26.5. The predicted octanol–water partition coefficient (Wildman–Crippen LogP) is 11.2. The van der Waals surface area contributed by atoms with Crippen LogP contribution in [0.4, 0.5) is 0 Å². The van der Waals surface area contributed by atoms with E-state index in [9.17, 15) is 0 Å². The molecule has 9 rings (SSSR count). The van der Waals surface area contributed by atoms with Crippen LogP contribution in [0.5, 0.6) is 11.5 Å². The van der Waals surface area contributed by atoms with Crippen molar-refractivity contribution in [2.75, 3.05) is 0 Å². The first-order chi connectivity index (χ1) is 23.5. The Hall–Kier alpha value is -6.20. The van der Waals surface area contributed by atoms with E-state index in [1.165, 1.54) is 0 Å². The molecule has 0 radical (unpaired) electrons. The van der Waals surface area contributed by atoms with Crippen molar-refractivity contribution in [1.82, 2.24) is 9.97 Å². The molecule has 0 amide bonds. The number of furan rings is 1. The highest BCUT2D eigenvalue weighted by molar-refractivity contribution is 6.12. The average molecular weight is 623 g/mol. The number of benzene rings is 5. The lowest BCUT2D eigenvalue weighted by molar-refractivity contribution is -0.0778. The van der Waals surface area contributed by atoms with E-state index in [0.29, 0.717) is 0 Å². The molecule has 0 atom stereocenters. The molecule has 5 heteroatoms. The standard InChI is InChI=1S/C43H30N2O3/c1-43(2)47-39-17-15-28(34-11-5-13-40-42(34)36-10-3-4-12-38(36)46-40)23-37(39)35-16-14-27(24-41(35)48-43)31-20-32(29-8-6-18-44-25-29)22-33(21-31)30-9-7-19-45-26-30/h3-26H,1-2H3. The van der Waals surface area contributed by atoms with Gasteiger partial charge in [0.25, 0.3) is 0 Å². The number of aromatic nitrogens is 2. The molecule has 0 saturated carbocycles. The summed E-state index contributed by atoms with van der Waals surface area (Å²) in [4.78, 5) is 8.75. The van der Waals surface area contributed by atoms with Crippen molar-refractivity contribution in [2.45, 2.75) is 19.6 Å². The second kappa shape index (κ2) is 11.0. The summed E-state index contributed by atoms with van der Waals surface area (Å²) in [6, 6.07) is 41.9. The maximum atomic E-state index is 6.62. The number of hydrogen-bond donors (Lipinski definition) is 0. The Balaban J connectivity index is 1.20. The first-order valence-electron chi connectivity index (χ1n) is 16.0. The summed E-state index contributed by atoms with van der Waals surface area (Å²) in [7, 11) is 0. The molecule has 0 fully saturated rings. The van der Waals surface area contributed by atoms with Crippen molar-refractivity contribution in [3.63, 3.8) is 0 Å². The molecule has 0 bridgehead atoms. The highest BCUT2D eigenvalue weighted by Crippen LogP contribution is 2.47. The van der Waals surface area contributed by atoms with Crippen LogP contribution in [-0.2, 0) is 0 Å². The van der Waals surface area contributed by atoms with Crippen molar-refractivity contribution in [3.05, 3.63) is 146 Å². The van der Waals surface area contributed by atoms with E-state index in [1.807, 2.05) is 62.6 Å². The fourth-order valence-electron chi connectivity index (χ4n) is 6.77. The number of fused-ring (bicyclic) bond motifs is 6. The summed E-state index contributed by atoms with van der Waals surface area (Å²) in [5.74, 6) is 0.645. The van der Waals surface area contributed by atoms with Gasteiger partial charge in [0.05, 0.1) is 0 Å². The molecule has 1 aliphatic heterocycles. The van der Waals surface area contributed by atoms with Gasteiger partial charge in [-0.2, -0.15) is 0 Å². The summed E-state index contributed by atoms with van der Waals surface area (Å²) in [5, 5.41) is 2.20. The second-order valence-corrected chi connectivity index (χ2v) is 12.6. The zero-order chi connectivity index (χ0) is 32.2. The topological polar surface area (TPSA) is 57.4 Å². The van der Waals surface area contributed by atoms with Crippen LogP contribution in [0.15, 0.2) is 151 Å². The Bertz CT molecular complexity index is 2430. The molecule has 4 heterocycles. The predicted molar refractivity (Wildman–Crippen MR) is 192 cm³/mol. The van der Waals surface area contributed by atoms with E-state index in [2.05, 4.69) is 94.9 Å². The lowest BCUT2D eigenvalue weighted by Crippen LogP contribution is -2.34. The highest BCUT2D eigenvalue weighted by atomic mass is 16.7. The van der Waals surface area contributed by atoms with Crippen LogP contribution in [0.3, 0.4) is 0 Å². The van der Waals surface area contributed by atoms with Gasteiger partial charge in [-0.1, -0.05) is 54.6 Å². The average Bonchev–Trinajstić information content (AvgIpc) is 3.46. The van der Waals surface area contributed by atoms with E-state index in [-0.39, 0.29) is 0 Å². The molecule has 0 spiro atoms. The quantitative estimate of drug-likeness (QED) is 0.195. The van der Waals surface area contributed by atoms with Crippen LogP contribution in [0.2, 0.25) is 0 Å². The summed E-state index contributed by atoms with van der Waals surface area (Å²) < 4.78 is 19.3. The van der Waals surface area contributed by atoms with Gasteiger partial charge in [-0.15, -0.1) is 0 Å². The molecule has 5 nitrogen and oxygen atoms in total. The normalized spacial score (nSPS) is 13.3. The van der Waals surface area contributed by atoms with E-state index in [1.54, 1.807) is 12.4 Å². The zero-order valence-corrected chi connectivity index (χ0v) is 26.5. The molecule has 230 valence electrons. The van der Waals surface area contributed by atoms with Crippen LogP contribution in [0.25, 0.3) is 77.6 Å². The molecule has 8 aromatic rings. The molecular formula is C43H30N2O3. The SMILES string of the molecule is CC1(C)Oc2cc(-c3cc(-c4cccnc4)cc(-c4cccnc4)c3)ccc2-c2cc(-c3cccc4oc5ccccc5c34)ccc2O1. The smallest absolute Gasteiger partial charge is 0.245 e. The lowest BCUT2D eigenvalue weighted by atomic mass is 9.92. The largest absolute Gasteiger partial charge is 0.456 e. The molecule has 1 aliphatic rings. The molecule has 0 aliphatic carbocycles. The third kappa shape index (κ3) is 4.88. The Morgan fingerprint density at radius 1 is 0.458 bits per heavy atom. The summed E-state index contributed by atoms with van der Waals surface area (Å²) in [5.41, 5.74) is 12.2. The van der Waals surface area contributed by atoms with Gasteiger partial charge >= 0.3 is 0 Å². The first-order valence-corrected chi connectivity index (χ1v) is 16.0. The molecule has 0 unspecified atom stereocenters. The Morgan fingerprint density at radius 3 is 1.85 bits per heavy atom. The fraction of sp³-hybridized carbons (Fsp3) is 0.0698. The maximum Gasteiger partial charge on any atom is 0.245 e. The van der Waals surface area contributed by atoms with Crippen LogP contribution < -0.4 is 9.47 Å². The Labute approximate surface area is 278 Å². The number of ether oxygens (including phenoxy) is 2. The third-order valence-electron chi connectivity index (χ3n) is 8.93. The van der Waals surface area contributed by atoms with Crippen LogP contribution in [-0.4, -0.2) is 15.8 Å². The Kier molecular flexibility index (Phi) is 6.40. The molecular weight excluding hydrogens is 592 g/mol. The number of para-hydroxylation sites is 1. The highest BCUT2D eigenvalue weighted by Gasteiger charge is 2.30. The third-order valence-corrected chi connectivity index (χ3v) is 8.93. The molecule has 48 heavy (non-hydrogen) atoms. The number of nitrogens with zero attached hydrogens (tertiary/aromatic N) is 2. The fourth-order valence-corrected chi connectivity index (χ4v) is 6.77. The van der Waals surface area contributed by atoms with Gasteiger partial charge < -0.3 is 13.9 Å². The molecule has 5 aromatic carbocycles. The van der Waals surface area contributed by atoms with E-state index in [4.69, 9.17) is 13.9 Å². The summed E-state index contributed by atoms with van der Waals surface area (Å²) in [6.45, 7) is 3.91. The van der Waals surface area contributed by atoms with Crippen molar-refractivity contribution in [3.8, 4) is 67.1 Å². The second-order valence-electron chi connectivity index (χ2n) is 12.6. The minimum Gasteiger partial charge on any atom is -0.456 e. The van der Waals surface area contributed by atoms with Gasteiger partial charge in [-0.05, 0) is 100 Å². The van der Waals surface area contributed by atoms with Gasteiger partial charge in [0.1, 0.15) is 22.7 Å². The van der Waals surface area contributed by atoms with Gasteiger partial charge in [0.15, 0.2) is 0 Å². The molecule has 0 saturated heterocycles. The van der Waals surface area contributed by atoms with Gasteiger partial charge in [0.2, 0.25) is 5.79 Å². The van der Waals surface area contributed by atoms with E-state index in [0.717, 1.165) is 89.1 Å². The van der Waals surface area contributed by atoms with E-state index >= 15 is 0 Å². The summed E-state index contributed by atoms with van der Waals surface area (Å²) >= 11 is 0. The van der Waals surface area contributed by atoms with Crippen molar-refractivity contribution in [2.24, 2.45) is 0 Å². The molecule has 0 N–H and O–H groups in total. The maximum absolute atomic E-state index is 6.62. The van der Waals surface area contributed by atoms with Gasteiger partial charge in [-0.25, -0.2) is 0 Å². The summed E-state index contributed by atoms with van der Waals surface area (Å²) in [6.07, 6.45) is 7.38. The monoisotopic (exact) mass is 622 g/mol. The lowest BCUT2D eigenvalue weighted by Gasteiger charge is -2.26. The molecule has 3 aromatic heterocycles. The van der Waals surface area contributed by atoms with Crippen LogP contribution in [0.1, 0.15) is 13.8 Å². The van der Waals surface area contributed by atoms with Crippen molar-refractivity contribution in [1.29, 1.82) is 0 Å². The van der Waals surface area contributed by atoms with Gasteiger partial charge in [-0.3, -0.25) is 9.97 Å². The van der Waals surface area contributed by atoms with Crippen LogP contribution in [0, 0.1) is 0 Å². The van der Waals surface area contributed by atoms with Crippen molar-refractivity contribution >= 4 is 21.9 Å². The first kappa shape index (κ1) is 28.1. The minimum atomic E-state index is -0.890. The van der Waals surface area contributed by atoms with Gasteiger partial charge in [0, 0.05) is 71.7 Å². The number of pyridine rings is 2. The van der Waals surface area contributed by atoms with Crippen molar-refractivity contribution < 1.29 is 13.9 Å². The van der Waals surface area contributed by atoms with Crippen LogP contribution >= 0.6 is 0 Å². The number of hydrogen-bond acceptors (Lipinski definition) is 5. The van der Waals surface area contributed by atoms with E-state index < -0.39 is 5.79 Å². The minimum absolute atomic E-state index is 0.759. The Morgan fingerprint density at radius 2 is 1.12 bits per heavy atom.